The number of nitrogens with zero attached hydrogens (tertiary/aromatic N) is 2. The molecule has 0 spiro atoms. The summed E-state index contributed by atoms with van der Waals surface area (Å²) in [6, 6.07) is 0. The summed E-state index contributed by atoms with van der Waals surface area (Å²) in [6.45, 7) is 11.8. The summed E-state index contributed by atoms with van der Waals surface area (Å²) < 4.78 is 4.90. The first-order valence-corrected chi connectivity index (χ1v) is 8.18. The Hall–Kier alpha value is -1.26. The van der Waals surface area contributed by atoms with Crippen LogP contribution in [0, 0.1) is 17.8 Å². The van der Waals surface area contributed by atoms with Crippen LogP contribution in [0.1, 0.15) is 40.5 Å². The molecule has 0 amide bonds. The largest absolute Gasteiger partial charge is 0.469 e. The number of aliphatic imine (C=N–C) groups is 1. The highest BCUT2D eigenvalue weighted by atomic mass is 16.5. The van der Waals surface area contributed by atoms with Gasteiger partial charge >= 0.3 is 5.97 Å². The Morgan fingerprint density at radius 2 is 2.00 bits per heavy atom. The Balaban J connectivity index is 2.73. The molecule has 1 aliphatic rings. The van der Waals surface area contributed by atoms with Crippen molar-refractivity contribution in [1.82, 2.24) is 10.2 Å². The number of esters is 1. The SMILES string of the molecule is CCNC(=NCC(CC)CC)N1CC(C)C(C(=O)OC)C1. The highest BCUT2D eigenvalue weighted by Crippen LogP contribution is 2.24. The molecule has 1 aliphatic heterocycles. The van der Waals surface area contributed by atoms with E-state index in [9.17, 15) is 4.79 Å². The Bertz CT molecular complexity index is 353. The summed E-state index contributed by atoms with van der Waals surface area (Å²) in [6.07, 6.45) is 2.31. The second-order valence-electron chi connectivity index (χ2n) is 5.89. The van der Waals surface area contributed by atoms with Crippen molar-refractivity contribution in [2.45, 2.75) is 40.5 Å². The van der Waals surface area contributed by atoms with E-state index < -0.39 is 0 Å². The van der Waals surface area contributed by atoms with Crippen molar-refractivity contribution >= 4 is 11.9 Å². The van der Waals surface area contributed by atoms with E-state index in [1.54, 1.807) is 0 Å². The lowest BCUT2D eigenvalue weighted by atomic mass is 9.99. The molecule has 0 aromatic heterocycles. The molecule has 0 aromatic rings. The number of carbonyl (C=O) groups is 1. The number of likely N-dealkylation sites (tertiary alicyclic amines) is 1. The molecule has 1 saturated heterocycles. The van der Waals surface area contributed by atoms with Crippen molar-refractivity contribution in [2.75, 3.05) is 33.3 Å². The van der Waals surface area contributed by atoms with E-state index in [0.29, 0.717) is 18.4 Å². The van der Waals surface area contributed by atoms with Crippen LogP contribution >= 0.6 is 0 Å². The van der Waals surface area contributed by atoms with Crippen LogP contribution in [-0.2, 0) is 9.53 Å². The Morgan fingerprint density at radius 3 is 2.52 bits per heavy atom. The van der Waals surface area contributed by atoms with E-state index in [1.165, 1.54) is 7.11 Å². The highest BCUT2D eigenvalue weighted by molar-refractivity contribution is 5.82. The van der Waals surface area contributed by atoms with Crippen LogP contribution in [0.3, 0.4) is 0 Å². The van der Waals surface area contributed by atoms with E-state index in [-0.39, 0.29) is 11.9 Å². The molecule has 0 radical (unpaired) electrons. The number of nitrogens with one attached hydrogen (secondary N) is 1. The lowest BCUT2D eigenvalue weighted by Crippen LogP contribution is -2.41. The molecule has 1 N–H and O–H groups in total. The number of methoxy groups -OCH3 is 1. The van der Waals surface area contributed by atoms with Crippen molar-refractivity contribution in [3.63, 3.8) is 0 Å². The molecule has 1 heterocycles. The molecule has 2 unspecified atom stereocenters. The Kier molecular flexibility index (Phi) is 7.54. The molecule has 5 heteroatoms. The predicted octanol–water partition coefficient (Wildman–Crippen LogP) is 2.13. The topological polar surface area (TPSA) is 53.9 Å². The van der Waals surface area contributed by atoms with Gasteiger partial charge in [0, 0.05) is 26.2 Å². The molecule has 1 rings (SSSR count). The minimum Gasteiger partial charge on any atom is -0.469 e. The minimum absolute atomic E-state index is 0.0491. The second kappa shape index (κ2) is 8.90. The monoisotopic (exact) mass is 297 g/mol. The molecule has 21 heavy (non-hydrogen) atoms. The molecule has 0 aromatic carbocycles. The third-order valence-corrected chi connectivity index (χ3v) is 4.40. The predicted molar refractivity (Wildman–Crippen MR) is 86.3 cm³/mol. The van der Waals surface area contributed by atoms with Crippen LogP contribution in [0.5, 0.6) is 0 Å². The van der Waals surface area contributed by atoms with Gasteiger partial charge < -0.3 is 15.0 Å². The lowest BCUT2D eigenvalue weighted by Gasteiger charge is -2.22. The van der Waals surface area contributed by atoms with Crippen LogP contribution in [0.15, 0.2) is 4.99 Å². The van der Waals surface area contributed by atoms with Gasteiger partial charge in [-0.1, -0.05) is 33.6 Å². The normalized spacial score (nSPS) is 22.8. The molecule has 122 valence electrons. The maximum atomic E-state index is 11.8. The van der Waals surface area contributed by atoms with Gasteiger partial charge in [0.1, 0.15) is 0 Å². The number of rotatable bonds is 6. The first-order chi connectivity index (χ1) is 10.1. The average Bonchev–Trinajstić information content (AvgIpc) is 2.88. The first kappa shape index (κ1) is 17.8. The van der Waals surface area contributed by atoms with Crippen molar-refractivity contribution in [3.8, 4) is 0 Å². The van der Waals surface area contributed by atoms with E-state index in [1.807, 2.05) is 0 Å². The zero-order chi connectivity index (χ0) is 15.8. The zero-order valence-corrected chi connectivity index (χ0v) is 14.2. The Labute approximate surface area is 129 Å². The molecular weight excluding hydrogens is 266 g/mol. The third kappa shape index (κ3) is 4.90. The minimum atomic E-state index is -0.110. The van der Waals surface area contributed by atoms with Gasteiger partial charge in [-0.25, -0.2) is 0 Å². The molecule has 5 nitrogen and oxygen atoms in total. The van der Waals surface area contributed by atoms with Crippen molar-refractivity contribution in [3.05, 3.63) is 0 Å². The fourth-order valence-electron chi connectivity index (χ4n) is 2.79. The quantitative estimate of drug-likeness (QED) is 0.463. The van der Waals surface area contributed by atoms with Crippen LogP contribution < -0.4 is 5.32 Å². The molecule has 1 fully saturated rings. The maximum Gasteiger partial charge on any atom is 0.310 e. The summed E-state index contributed by atoms with van der Waals surface area (Å²) in [7, 11) is 1.46. The maximum absolute atomic E-state index is 11.8. The zero-order valence-electron chi connectivity index (χ0n) is 14.2. The van der Waals surface area contributed by atoms with Gasteiger partial charge in [-0.2, -0.15) is 0 Å². The van der Waals surface area contributed by atoms with Crippen molar-refractivity contribution in [2.24, 2.45) is 22.7 Å². The standard InChI is InChI=1S/C16H31N3O2/c1-6-13(7-2)9-18-16(17-8-3)19-10-12(4)14(11-19)15(20)21-5/h12-14H,6-11H2,1-5H3,(H,17,18). The molecule has 0 aliphatic carbocycles. The summed E-state index contributed by atoms with van der Waals surface area (Å²) in [4.78, 5) is 18.8. The smallest absolute Gasteiger partial charge is 0.310 e. The molecule has 0 bridgehead atoms. The van der Waals surface area contributed by atoms with E-state index >= 15 is 0 Å². The Morgan fingerprint density at radius 1 is 1.33 bits per heavy atom. The number of ether oxygens (including phenoxy) is 1. The van der Waals surface area contributed by atoms with E-state index in [2.05, 4.69) is 37.9 Å². The van der Waals surface area contributed by atoms with Crippen molar-refractivity contribution < 1.29 is 9.53 Å². The van der Waals surface area contributed by atoms with Gasteiger partial charge in [-0.15, -0.1) is 0 Å². The number of hydrogen-bond acceptors (Lipinski definition) is 3. The number of hydrogen-bond donors (Lipinski definition) is 1. The number of guanidine groups is 1. The van der Waals surface area contributed by atoms with Gasteiger partial charge in [0.15, 0.2) is 5.96 Å². The van der Waals surface area contributed by atoms with Crippen LogP contribution in [-0.4, -0.2) is 50.1 Å². The summed E-state index contributed by atoms with van der Waals surface area (Å²) >= 11 is 0. The van der Waals surface area contributed by atoms with Crippen LogP contribution in [0.25, 0.3) is 0 Å². The highest BCUT2D eigenvalue weighted by Gasteiger charge is 2.36. The van der Waals surface area contributed by atoms with Gasteiger partial charge in [0.25, 0.3) is 0 Å². The molecule has 2 atom stereocenters. The fourth-order valence-corrected chi connectivity index (χ4v) is 2.79. The van der Waals surface area contributed by atoms with Crippen molar-refractivity contribution in [1.29, 1.82) is 0 Å². The van der Waals surface area contributed by atoms with E-state index in [4.69, 9.17) is 9.73 Å². The van der Waals surface area contributed by atoms with Crippen LogP contribution in [0.2, 0.25) is 0 Å². The third-order valence-electron chi connectivity index (χ3n) is 4.40. The van der Waals surface area contributed by atoms with Gasteiger partial charge in [-0.3, -0.25) is 9.79 Å². The van der Waals surface area contributed by atoms with Gasteiger partial charge in [0.05, 0.1) is 13.0 Å². The van der Waals surface area contributed by atoms with Gasteiger partial charge in [0.2, 0.25) is 0 Å². The second-order valence-corrected chi connectivity index (χ2v) is 5.89. The number of carbonyl (C=O) groups excluding carboxylic acids is 1. The lowest BCUT2D eigenvalue weighted by molar-refractivity contribution is -0.145. The summed E-state index contributed by atoms with van der Waals surface area (Å²) in [5.41, 5.74) is 0. The summed E-state index contributed by atoms with van der Waals surface area (Å²) in [5.74, 6) is 1.71. The first-order valence-electron chi connectivity index (χ1n) is 8.18. The molecule has 0 saturated carbocycles. The fraction of sp³-hybridized carbons (Fsp3) is 0.875. The average molecular weight is 297 g/mol. The van der Waals surface area contributed by atoms with E-state index in [0.717, 1.165) is 38.4 Å². The van der Waals surface area contributed by atoms with Crippen LogP contribution in [0.4, 0.5) is 0 Å². The van der Waals surface area contributed by atoms with Gasteiger partial charge in [-0.05, 0) is 18.8 Å². The summed E-state index contributed by atoms with van der Waals surface area (Å²) in [5, 5.41) is 3.35. The molecular formula is C16H31N3O2.